The van der Waals surface area contributed by atoms with E-state index in [0.717, 1.165) is 16.8 Å². The minimum absolute atomic E-state index is 0.0203. The largest absolute Gasteiger partial charge is 0.352 e. The van der Waals surface area contributed by atoms with Crippen molar-refractivity contribution in [3.05, 3.63) is 65.5 Å². The summed E-state index contributed by atoms with van der Waals surface area (Å²) in [5, 5.41) is 9.35. The average molecular weight is 370 g/mol. The van der Waals surface area contributed by atoms with E-state index in [0.29, 0.717) is 31.4 Å². The summed E-state index contributed by atoms with van der Waals surface area (Å²) in [7, 11) is 1.70. The van der Waals surface area contributed by atoms with Crippen molar-refractivity contribution in [2.75, 3.05) is 12.4 Å². The van der Waals surface area contributed by atoms with Crippen molar-refractivity contribution < 1.29 is 9.18 Å². The number of benzene rings is 2. The van der Waals surface area contributed by atoms with Crippen LogP contribution in [0.15, 0.2) is 53.5 Å². The first-order chi connectivity index (χ1) is 13.0. The quantitative estimate of drug-likeness (QED) is 0.515. The van der Waals surface area contributed by atoms with Gasteiger partial charge in [-0.25, -0.2) is 4.39 Å². The fraction of sp³-hybridized carbons (Fsp3) is 0.333. The number of hydrogen-bond donors (Lipinski definition) is 3. The zero-order chi connectivity index (χ0) is 19.6. The third kappa shape index (κ3) is 7.48. The van der Waals surface area contributed by atoms with Crippen LogP contribution in [0.2, 0.25) is 0 Å². The van der Waals surface area contributed by atoms with Crippen molar-refractivity contribution >= 4 is 17.6 Å². The van der Waals surface area contributed by atoms with Gasteiger partial charge in [-0.15, -0.1) is 0 Å². The van der Waals surface area contributed by atoms with Crippen molar-refractivity contribution in [1.29, 1.82) is 0 Å². The lowest BCUT2D eigenvalue weighted by atomic mass is 10.1. The molecule has 27 heavy (non-hydrogen) atoms. The highest BCUT2D eigenvalue weighted by Gasteiger charge is 2.06. The number of aliphatic imine (C=N–C) groups is 1. The first-order valence-corrected chi connectivity index (χ1v) is 9.04. The Morgan fingerprint density at radius 2 is 1.70 bits per heavy atom. The highest BCUT2D eigenvalue weighted by molar-refractivity contribution is 5.90. The van der Waals surface area contributed by atoms with Crippen LogP contribution in [0.5, 0.6) is 0 Å². The number of carbonyl (C=O) groups excluding carboxylic acids is 1. The first kappa shape index (κ1) is 20.4. The van der Waals surface area contributed by atoms with Crippen LogP contribution < -0.4 is 16.0 Å². The van der Waals surface area contributed by atoms with E-state index in [-0.39, 0.29) is 11.7 Å². The number of amides is 1. The van der Waals surface area contributed by atoms with Crippen molar-refractivity contribution in [1.82, 2.24) is 10.6 Å². The molecule has 0 aliphatic heterocycles. The highest BCUT2D eigenvalue weighted by Crippen LogP contribution is 2.12. The molecule has 144 valence electrons. The molecule has 2 aromatic rings. The topological polar surface area (TPSA) is 65.5 Å². The van der Waals surface area contributed by atoms with E-state index in [1.54, 1.807) is 19.2 Å². The van der Waals surface area contributed by atoms with E-state index in [9.17, 15) is 9.18 Å². The molecule has 0 radical (unpaired) electrons. The zero-order valence-electron chi connectivity index (χ0n) is 16.1. The Kier molecular flexibility index (Phi) is 7.79. The molecular weight excluding hydrogens is 343 g/mol. The van der Waals surface area contributed by atoms with E-state index < -0.39 is 0 Å². The van der Waals surface area contributed by atoms with Gasteiger partial charge >= 0.3 is 0 Å². The van der Waals surface area contributed by atoms with E-state index in [2.05, 4.69) is 20.9 Å². The van der Waals surface area contributed by atoms with Gasteiger partial charge in [-0.3, -0.25) is 9.79 Å². The summed E-state index contributed by atoms with van der Waals surface area (Å²) in [6.45, 7) is 5.15. The normalized spacial score (nSPS) is 11.4. The summed E-state index contributed by atoms with van der Waals surface area (Å²) < 4.78 is 13.0. The number of nitrogens with zero attached hydrogens (tertiary/aromatic N) is 1. The molecule has 6 heteroatoms. The van der Waals surface area contributed by atoms with Crippen LogP contribution in [-0.4, -0.2) is 18.9 Å². The van der Waals surface area contributed by atoms with E-state index in [1.165, 1.54) is 12.1 Å². The SMILES string of the molecule is CN=C(NCc1ccc(F)cc1)NCc1cccc(NC(=O)CC(C)C)c1. The number of rotatable bonds is 7. The molecule has 3 N–H and O–H groups in total. The van der Waals surface area contributed by atoms with Gasteiger partial charge in [0.25, 0.3) is 0 Å². The van der Waals surface area contributed by atoms with Crippen LogP contribution in [-0.2, 0) is 17.9 Å². The molecule has 5 nitrogen and oxygen atoms in total. The average Bonchev–Trinajstić information content (AvgIpc) is 2.63. The lowest BCUT2D eigenvalue weighted by Crippen LogP contribution is -2.36. The van der Waals surface area contributed by atoms with Crippen LogP contribution in [0, 0.1) is 11.7 Å². The summed E-state index contributed by atoms with van der Waals surface area (Å²) in [6.07, 6.45) is 0.502. The van der Waals surface area contributed by atoms with Gasteiger partial charge in [0.15, 0.2) is 5.96 Å². The van der Waals surface area contributed by atoms with Crippen molar-refractivity contribution in [3.63, 3.8) is 0 Å². The van der Waals surface area contributed by atoms with Gasteiger partial charge in [0, 0.05) is 32.2 Å². The molecule has 2 aromatic carbocycles. The van der Waals surface area contributed by atoms with Crippen LogP contribution in [0.4, 0.5) is 10.1 Å². The van der Waals surface area contributed by atoms with Crippen LogP contribution in [0.25, 0.3) is 0 Å². The molecule has 0 saturated carbocycles. The minimum atomic E-state index is -0.248. The van der Waals surface area contributed by atoms with Crippen LogP contribution in [0.1, 0.15) is 31.4 Å². The summed E-state index contributed by atoms with van der Waals surface area (Å²) in [4.78, 5) is 16.1. The number of guanidine groups is 1. The molecule has 0 aliphatic carbocycles. The predicted molar refractivity (Wildman–Crippen MR) is 108 cm³/mol. The van der Waals surface area contributed by atoms with Crippen molar-refractivity contribution in [2.24, 2.45) is 10.9 Å². The molecule has 0 atom stereocenters. The maximum Gasteiger partial charge on any atom is 0.224 e. The third-order valence-corrected chi connectivity index (χ3v) is 3.86. The lowest BCUT2D eigenvalue weighted by Gasteiger charge is -2.13. The molecule has 0 spiro atoms. The molecule has 0 fully saturated rings. The monoisotopic (exact) mass is 370 g/mol. The lowest BCUT2D eigenvalue weighted by molar-refractivity contribution is -0.116. The molecular formula is C21H27FN4O. The van der Waals surface area contributed by atoms with Gasteiger partial charge in [-0.1, -0.05) is 38.1 Å². The number of nitrogens with one attached hydrogen (secondary N) is 3. The van der Waals surface area contributed by atoms with Crippen molar-refractivity contribution in [2.45, 2.75) is 33.4 Å². The third-order valence-electron chi connectivity index (χ3n) is 3.86. The summed E-state index contributed by atoms with van der Waals surface area (Å²) in [5.41, 5.74) is 2.78. The molecule has 0 saturated heterocycles. The van der Waals surface area contributed by atoms with Crippen LogP contribution >= 0.6 is 0 Å². The first-order valence-electron chi connectivity index (χ1n) is 9.04. The van der Waals surface area contributed by atoms with Gasteiger partial charge in [0.1, 0.15) is 5.82 Å². The smallest absolute Gasteiger partial charge is 0.224 e. The fourth-order valence-corrected chi connectivity index (χ4v) is 2.54. The predicted octanol–water partition coefficient (Wildman–Crippen LogP) is 3.68. The highest BCUT2D eigenvalue weighted by atomic mass is 19.1. The summed E-state index contributed by atoms with van der Waals surface area (Å²) in [5.74, 6) is 0.743. The zero-order valence-corrected chi connectivity index (χ0v) is 16.1. The second-order valence-electron chi connectivity index (χ2n) is 6.75. The van der Waals surface area contributed by atoms with E-state index in [4.69, 9.17) is 0 Å². The standard InChI is InChI=1S/C21H27FN4O/c1-15(2)11-20(27)26-19-6-4-5-17(12-19)14-25-21(23-3)24-13-16-7-9-18(22)10-8-16/h4-10,12,15H,11,13-14H2,1-3H3,(H,26,27)(H2,23,24,25). The Labute approximate surface area is 160 Å². The molecule has 2 rings (SSSR count). The summed E-state index contributed by atoms with van der Waals surface area (Å²) in [6, 6.07) is 14.1. The maximum atomic E-state index is 13.0. The number of halogens is 1. The van der Waals surface area contributed by atoms with E-state index >= 15 is 0 Å². The Balaban J connectivity index is 1.85. The molecule has 1 amide bonds. The van der Waals surface area contributed by atoms with Gasteiger partial charge in [-0.05, 0) is 41.3 Å². The molecule has 0 aliphatic rings. The van der Waals surface area contributed by atoms with Gasteiger partial charge in [0.05, 0.1) is 0 Å². The van der Waals surface area contributed by atoms with Gasteiger partial charge < -0.3 is 16.0 Å². The Hall–Kier alpha value is -2.89. The number of anilines is 1. The van der Waals surface area contributed by atoms with Crippen molar-refractivity contribution in [3.8, 4) is 0 Å². The Morgan fingerprint density at radius 1 is 1.04 bits per heavy atom. The van der Waals surface area contributed by atoms with E-state index in [1.807, 2.05) is 38.1 Å². The molecule has 0 bridgehead atoms. The maximum absolute atomic E-state index is 13.0. The summed E-state index contributed by atoms with van der Waals surface area (Å²) >= 11 is 0. The Morgan fingerprint density at radius 3 is 2.33 bits per heavy atom. The number of hydrogen-bond acceptors (Lipinski definition) is 2. The second kappa shape index (κ2) is 10.3. The molecule has 0 unspecified atom stereocenters. The van der Waals surface area contributed by atoms with Gasteiger partial charge in [-0.2, -0.15) is 0 Å². The Bertz CT molecular complexity index is 772. The van der Waals surface area contributed by atoms with Gasteiger partial charge in [0.2, 0.25) is 5.91 Å². The minimum Gasteiger partial charge on any atom is -0.352 e. The molecule has 0 heterocycles. The second-order valence-corrected chi connectivity index (χ2v) is 6.75. The number of carbonyl (C=O) groups is 1. The molecule has 0 aromatic heterocycles. The fourth-order valence-electron chi connectivity index (χ4n) is 2.54. The van der Waals surface area contributed by atoms with Crippen LogP contribution in [0.3, 0.4) is 0 Å².